The van der Waals surface area contributed by atoms with E-state index in [9.17, 15) is 0 Å². The number of aromatic nitrogens is 1. The fourth-order valence-corrected chi connectivity index (χ4v) is 3.52. The van der Waals surface area contributed by atoms with Gasteiger partial charge in [-0.15, -0.1) is 0 Å². The number of nitrogens with zero attached hydrogens (tertiary/aromatic N) is 2. The lowest BCUT2D eigenvalue weighted by atomic mass is 10.1. The van der Waals surface area contributed by atoms with E-state index in [1.54, 1.807) is 7.11 Å². The zero-order valence-electron chi connectivity index (χ0n) is 16.6. The molecular formula is C22H30N2O3. The molecule has 5 nitrogen and oxygen atoms in total. The Morgan fingerprint density at radius 3 is 2.78 bits per heavy atom. The summed E-state index contributed by atoms with van der Waals surface area (Å²) >= 11 is 0. The van der Waals surface area contributed by atoms with Crippen molar-refractivity contribution in [1.29, 1.82) is 0 Å². The Balaban J connectivity index is 1.80. The van der Waals surface area contributed by atoms with Crippen molar-refractivity contribution in [2.75, 3.05) is 26.9 Å². The molecule has 5 heteroatoms. The van der Waals surface area contributed by atoms with Crippen LogP contribution in [0.1, 0.15) is 36.6 Å². The van der Waals surface area contributed by atoms with E-state index in [2.05, 4.69) is 35.0 Å². The third-order valence-corrected chi connectivity index (χ3v) is 4.91. The van der Waals surface area contributed by atoms with E-state index >= 15 is 0 Å². The first-order valence-corrected chi connectivity index (χ1v) is 9.73. The highest BCUT2D eigenvalue weighted by Gasteiger charge is 2.21. The Hall–Kier alpha value is -2.11. The first-order chi connectivity index (χ1) is 13.2. The van der Waals surface area contributed by atoms with Crippen LogP contribution in [0.3, 0.4) is 0 Å². The third kappa shape index (κ3) is 5.44. The highest BCUT2D eigenvalue weighted by Crippen LogP contribution is 2.31. The molecule has 0 bridgehead atoms. The molecule has 0 spiro atoms. The van der Waals surface area contributed by atoms with Gasteiger partial charge in [0.2, 0.25) is 0 Å². The summed E-state index contributed by atoms with van der Waals surface area (Å²) in [6, 6.07) is 10.2. The lowest BCUT2D eigenvalue weighted by molar-refractivity contribution is 0.0674. The van der Waals surface area contributed by atoms with Gasteiger partial charge in [0.15, 0.2) is 11.5 Å². The van der Waals surface area contributed by atoms with E-state index in [0.29, 0.717) is 12.7 Å². The van der Waals surface area contributed by atoms with E-state index < -0.39 is 0 Å². The van der Waals surface area contributed by atoms with E-state index in [0.717, 1.165) is 56.3 Å². The molecule has 1 atom stereocenters. The zero-order chi connectivity index (χ0) is 19.1. The molecule has 2 heterocycles. The van der Waals surface area contributed by atoms with E-state index in [-0.39, 0.29) is 0 Å². The monoisotopic (exact) mass is 370 g/mol. The number of hydrogen-bond acceptors (Lipinski definition) is 5. The minimum Gasteiger partial charge on any atom is -0.493 e. The van der Waals surface area contributed by atoms with Crippen LogP contribution in [0, 0.1) is 6.92 Å². The minimum atomic E-state index is 0.304. The van der Waals surface area contributed by atoms with Gasteiger partial charge in [0, 0.05) is 32.4 Å². The van der Waals surface area contributed by atoms with Crippen LogP contribution in [0.2, 0.25) is 0 Å². The van der Waals surface area contributed by atoms with Gasteiger partial charge in [-0.3, -0.25) is 9.88 Å². The van der Waals surface area contributed by atoms with Crippen LogP contribution >= 0.6 is 0 Å². The fourth-order valence-electron chi connectivity index (χ4n) is 3.52. The summed E-state index contributed by atoms with van der Waals surface area (Å²) in [5.41, 5.74) is 3.52. The lowest BCUT2D eigenvalue weighted by Gasteiger charge is -2.26. The van der Waals surface area contributed by atoms with Gasteiger partial charge >= 0.3 is 0 Å². The SMILES string of the molecule is CCOc1cc(CN(Cc2ccccn2)CC2CCCO2)c(C)cc1OC. The van der Waals surface area contributed by atoms with Crippen molar-refractivity contribution in [3.8, 4) is 11.5 Å². The van der Waals surface area contributed by atoms with E-state index in [1.807, 2.05) is 25.3 Å². The van der Waals surface area contributed by atoms with Crippen LogP contribution in [-0.4, -0.2) is 42.9 Å². The van der Waals surface area contributed by atoms with Gasteiger partial charge in [0.05, 0.1) is 25.5 Å². The second kappa shape index (κ2) is 9.72. The summed E-state index contributed by atoms with van der Waals surface area (Å²) in [7, 11) is 1.68. The topological polar surface area (TPSA) is 43.8 Å². The zero-order valence-corrected chi connectivity index (χ0v) is 16.6. The van der Waals surface area contributed by atoms with Crippen molar-refractivity contribution in [3.63, 3.8) is 0 Å². The minimum absolute atomic E-state index is 0.304. The van der Waals surface area contributed by atoms with Crippen LogP contribution in [0.4, 0.5) is 0 Å². The summed E-state index contributed by atoms with van der Waals surface area (Å²) in [6.45, 7) is 8.14. The van der Waals surface area contributed by atoms with Crippen molar-refractivity contribution in [1.82, 2.24) is 9.88 Å². The quantitative estimate of drug-likeness (QED) is 0.668. The molecule has 1 unspecified atom stereocenters. The fraction of sp³-hybridized carbons (Fsp3) is 0.500. The van der Waals surface area contributed by atoms with Crippen LogP contribution in [0.5, 0.6) is 11.5 Å². The molecule has 27 heavy (non-hydrogen) atoms. The molecule has 0 saturated carbocycles. The summed E-state index contributed by atoms with van der Waals surface area (Å²) in [5.74, 6) is 1.59. The van der Waals surface area contributed by atoms with Gasteiger partial charge in [-0.25, -0.2) is 0 Å². The van der Waals surface area contributed by atoms with Crippen LogP contribution in [-0.2, 0) is 17.8 Å². The maximum Gasteiger partial charge on any atom is 0.161 e. The molecular weight excluding hydrogens is 340 g/mol. The molecule has 3 rings (SSSR count). The van der Waals surface area contributed by atoms with Gasteiger partial charge in [0.1, 0.15) is 0 Å². The van der Waals surface area contributed by atoms with Crippen molar-refractivity contribution >= 4 is 0 Å². The Morgan fingerprint density at radius 1 is 1.22 bits per heavy atom. The van der Waals surface area contributed by atoms with Crippen molar-refractivity contribution in [2.24, 2.45) is 0 Å². The number of aryl methyl sites for hydroxylation is 1. The molecule has 0 radical (unpaired) electrons. The molecule has 1 aromatic heterocycles. The molecule has 0 amide bonds. The molecule has 1 aliphatic rings. The average Bonchev–Trinajstić information content (AvgIpc) is 3.18. The van der Waals surface area contributed by atoms with Crippen molar-refractivity contribution < 1.29 is 14.2 Å². The first-order valence-electron chi connectivity index (χ1n) is 9.73. The standard InChI is InChI=1S/C22H30N2O3/c1-4-26-22-13-18(17(2)12-21(22)25-3)14-24(16-20-9-7-11-27-20)15-19-8-5-6-10-23-19/h5-6,8,10,12-13,20H,4,7,9,11,14-16H2,1-3H3. The molecule has 0 aliphatic carbocycles. The number of hydrogen-bond donors (Lipinski definition) is 0. The average molecular weight is 370 g/mol. The Morgan fingerprint density at radius 2 is 2.11 bits per heavy atom. The lowest BCUT2D eigenvalue weighted by Crippen LogP contribution is -2.32. The van der Waals surface area contributed by atoms with Crippen LogP contribution in [0.25, 0.3) is 0 Å². The Kier molecular flexibility index (Phi) is 7.07. The smallest absolute Gasteiger partial charge is 0.161 e. The predicted molar refractivity (Wildman–Crippen MR) is 106 cm³/mol. The van der Waals surface area contributed by atoms with Crippen LogP contribution < -0.4 is 9.47 Å². The first kappa shape index (κ1) is 19.6. The second-order valence-electron chi connectivity index (χ2n) is 6.99. The highest BCUT2D eigenvalue weighted by molar-refractivity contribution is 5.47. The number of ether oxygens (including phenoxy) is 3. The van der Waals surface area contributed by atoms with Crippen molar-refractivity contribution in [2.45, 2.75) is 45.9 Å². The van der Waals surface area contributed by atoms with E-state index in [4.69, 9.17) is 14.2 Å². The molecule has 1 fully saturated rings. The summed E-state index contributed by atoms with van der Waals surface area (Å²) in [4.78, 5) is 6.92. The summed E-state index contributed by atoms with van der Waals surface area (Å²) in [5, 5.41) is 0. The maximum absolute atomic E-state index is 5.88. The normalized spacial score (nSPS) is 16.7. The Bertz CT molecular complexity index is 715. The highest BCUT2D eigenvalue weighted by atomic mass is 16.5. The van der Waals surface area contributed by atoms with Gasteiger partial charge < -0.3 is 14.2 Å². The van der Waals surface area contributed by atoms with Gasteiger partial charge in [-0.2, -0.15) is 0 Å². The van der Waals surface area contributed by atoms with E-state index in [1.165, 1.54) is 11.1 Å². The maximum atomic E-state index is 5.88. The predicted octanol–water partition coefficient (Wildman–Crippen LogP) is 3.98. The number of benzene rings is 1. The largest absolute Gasteiger partial charge is 0.493 e. The molecule has 1 aromatic carbocycles. The molecule has 1 saturated heterocycles. The number of rotatable bonds is 9. The van der Waals surface area contributed by atoms with Gasteiger partial charge in [-0.1, -0.05) is 6.07 Å². The summed E-state index contributed by atoms with van der Waals surface area (Å²) < 4.78 is 17.1. The number of pyridine rings is 1. The summed E-state index contributed by atoms with van der Waals surface area (Å²) in [6.07, 6.45) is 4.44. The van der Waals surface area contributed by atoms with Gasteiger partial charge in [0.25, 0.3) is 0 Å². The molecule has 1 aliphatic heterocycles. The third-order valence-electron chi connectivity index (χ3n) is 4.91. The van der Waals surface area contributed by atoms with Gasteiger partial charge in [-0.05, 0) is 62.1 Å². The molecule has 2 aromatic rings. The van der Waals surface area contributed by atoms with Crippen molar-refractivity contribution in [3.05, 3.63) is 53.3 Å². The Labute approximate surface area is 162 Å². The van der Waals surface area contributed by atoms with Crippen LogP contribution in [0.15, 0.2) is 36.5 Å². The molecule has 146 valence electrons. The number of methoxy groups -OCH3 is 1. The second-order valence-corrected chi connectivity index (χ2v) is 6.99. The molecule has 0 N–H and O–H groups in total.